The van der Waals surface area contributed by atoms with E-state index in [1.165, 1.54) is 50.5 Å². The summed E-state index contributed by atoms with van der Waals surface area (Å²) in [5.41, 5.74) is 3.19. The highest BCUT2D eigenvalue weighted by Gasteiger charge is 2.41. The third-order valence-corrected chi connectivity index (χ3v) is 4.97. The molecule has 0 aromatic heterocycles. The van der Waals surface area contributed by atoms with Gasteiger partial charge in [-0.25, -0.2) is 0 Å². The number of fused-ring (bicyclic) bond motifs is 2. The molecule has 2 bridgehead atoms. The first-order chi connectivity index (χ1) is 8.74. The molecule has 0 aromatic rings. The maximum Gasteiger partial charge on any atom is -0.0194 e. The predicted molar refractivity (Wildman–Crippen MR) is 80.5 cm³/mol. The Hall–Kier alpha value is -0.780. The molecule has 0 aromatic carbocycles. The Bertz CT molecular complexity index is 345. The molecule has 0 amide bonds. The molecule has 100 valence electrons. The van der Waals surface area contributed by atoms with Crippen molar-refractivity contribution in [3.05, 3.63) is 36.0 Å². The van der Waals surface area contributed by atoms with Gasteiger partial charge in [0.2, 0.25) is 0 Å². The van der Waals surface area contributed by atoms with Crippen molar-refractivity contribution in [2.24, 2.45) is 17.8 Å². The van der Waals surface area contributed by atoms with Crippen molar-refractivity contribution in [1.82, 2.24) is 0 Å². The van der Waals surface area contributed by atoms with Crippen molar-refractivity contribution in [3.63, 3.8) is 0 Å². The van der Waals surface area contributed by atoms with Gasteiger partial charge in [0.05, 0.1) is 0 Å². The van der Waals surface area contributed by atoms with Gasteiger partial charge in [-0.05, 0) is 63.7 Å². The summed E-state index contributed by atoms with van der Waals surface area (Å²) in [4.78, 5) is 0. The van der Waals surface area contributed by atoms with E-state index in [2.05, 4.69) is 38.7 Å². The van der Waals surface area contributed by atoms with E-state index in [0.717, 1.165) is 17.8 Å². The lowest BCUT2D eigenvalue weighted by Crippen LogP contribution is -2.12. The molecule has 0 heteroatoms. The van der Waals surface area contributed by atoms with E-state index in [1.807, 2.05) is 0 Å². The van der Waals surface area contributed by atoms with Crippen molar-refractivity contribution < 1.29 is 0 Å². The van der Waals surface area contributed by atoms with Crippen molar-refractivity contribution >= 4 is 0 Å². The first-order valence-corrected chi connectivity index (χ1v) is 7.68. The number of hydrogen-bond donors (Lipinski definition) is 0. The molecule has 0 spiro atoms. The molecule has 18 heavy (non-hydrogen) atoms. The summed E-state index contributed by atoms with van der Waals surface area (Å²) >= 11 is 0. The van der Waals surface area contributed by atoms with Crippen LogP contribution in [0.2, 0.25) is 0 Å². The molecule has 3 unspecified atom stereocenters. The fourth-order valence-corrected chi connectivity index (χ4v) is 3.84. The minimum Gasteiger partial charge on any atom is -0.103 e. The lowest BCUT2D eigenvalue weighted by molar-refractivity contribution is 0.338. The smallest absolute Gasteiger partial charge is 0.0194 e. The Morgan fingerprint density at radius 2 is 2.17 bits per heavy atom. The van der Waals surface area contributed by atoms with Crippen LogP contribution in [0.15, 0.2) is 36.0 Å². The number of hydrogen-bond acceptors (Lipinski definition) is 0. The zero-order valence-electron chi connectivity index (χ0n) is 12.1. The van der Waals surface area contributed by atoms with Crippen molar-refractivity contribution in [3.8, 4) is 0 Å². The Balaban J connectivity index is 1.80. The molecule has 3 atom stereocenters. The van der Waals surface area contributed by atoms with E-state index in [-0.39, 0.29) is 0 Å². The molecule has 0 saturated heterocycles. The van der Waals surface area contributed by atoms with Crippen molar-refractivity contribution in [2.75, 3.05) is 0 Å². The summed E-state index contributed by atoms with van der Waals surface area (Å²) < 4.78 is 0. The molecule has 0 aliphatic heterocycles. The molecule has 2 aliphatic rings. The van der Waals surface area contributed by atoms with Gasteiger partial charge in [0.25, 0.3) is 0 Å². The van der Waals surface area contributed by atoms with Crippen molar-refractivity contribution in [2.45, 2.75) is 58.8 Å². The first kappa shape index (κ1) is 13.6. The van der Waals surface area contributed by atoms with Gasteiger partial charge in [-0.2, -0.15) is 0 Å². The Morgan fingerprint density at radius 3 is 2.78 bits per heavy atom. The second kappa shape index (κ2) is 6.41. The Labute approximate surface area is 113 Å². The summed E-state index contributed by atoms with van der Waals surface area (Å²) in [6.07, 6.45) is 16.5. The molecule has 0 heterocycles. The van der Waals surface area contributed by atoms with Gasteiger partial charge >= 0.3 is 0 Å². The van der Waals surface area contributed by atoms with Gasteiger partial charge in [0.1, 0.15) is 0 Å². The van der Waals surface area contributed by atoms with Crippen LogP contribution in [0, 0.1) is 17.8 Å². The van der Waals surface area contributed by atoms with Gasteiger partial charge in [0, 0.05) is 0 Å². The number of allylic oxidation sites excluding steroid dienone is 5. The monoisotopic (exact) mass is 244 g/mol. The molecule has 0 radical (unpaired) electrons. The molecular weight excluding hydrogens is 216 g/mol. The average Bonchev–Trinajstić information content (AvgIpc) is 2.94. The summed E-state index contributed by atoms with van der Waals surface area (Å²) in [7, 11) is 0. The minimum atomic E-state index is 0.925. The molecule has 2 rings (SSSR count). The van der Waals surface area contributed by atoms with Crippen LogP contribution in [0.4, 0.5) is 0 Å². The van der Waals surface area contributed by atoms with E-state index < -0.39 is 0 Å². The summed E-state index contributed by atoms with van der Waals surface area (Å²) in [6, 6.07) is 0. The zero-order chi connectivity index (χ0) is 13.0. The second-order valence-electron chi connectivity index (χ2n) is 6.22. The van der Waals surface area contributed by atoms with Crippen LogP contribution in [0.5, 0.6) is 0 Å². The van der Waals surface area contributed by atoms with Crippen LogP contribution in [0.3, 0.4) is 0 Å². The highest BCUT2D eigenvalue weighted by atomic mass is 14.5. The summed E-state index contributed by atoms with van der Waals surface area (Å²) in [6.45, 7) is 8.17. The Kier molecular flexibility index (Phi) is 4.86. The van der Waals surface area contributed by atoms with Crippen LogP contribution in [-0.4, -0.2) is 0 Å². The molecule has 2 saturated carbocycles. The largest absolute Gasteiger partial charge is 0.103 e. The van der Waals surface area contributed by atoms with Gasteiger partial charge in [-0.15, -0.1) is 6.58 Å². The van der Waals surface area contributed by atoms with Gasteiger partial charge in [-0.1, -0.05) is 42.2 Å². The number of unbranched alkanes of at least 4 members (excludes halogenated alkanes) is 2. The van der Waals surface area contributed by atoms with Crippen LogP contribution in [0.25, 0.3) is 0 Å². The fourth-order valence-electron chi connectivity index (χ4n) is 3.84. The normalized spacial score (nSPS) is 33.3. The van der Waals surface area contributed by atoms with Crippen LogP contribution in [-0.2, 0) is 0 Å². The third-order valence-electron chi connectivity index (χ3n) is 4.97. The van der Waals surface area contributed by atoms with Crippen LogP contribution in [0.1, 0.15) is 58.8 Å². The van der Waals surface area contributed by atoms with E-state index in [9.17, 15) is 0 Å². The lowest BCUT2D eigenvalue weighted by Gasteiger charge is -2.23. The molecule has 0 nitrogen and oxygen atoms in total. The summed E-state index contributed by atoms with van der Waals surface area (Å²) in [5, 5.41) is 0. The quantitative estimate of drug-likeness (QED) is 0.417. The van der Waals surface area contributed by atoms with Crippen LogP contribution >= 0.6 is 0 Å². The van der Waals surface area contributed by atoms with E-state index in [4.69, 9.17) is 0 Å². The molecule has 2 fully saturated rings. The first-order valence-electron chi connectivity index (χ1n) is 7.68. The lowest BCUT2D eigenvalue weighted by atomic mass is 9.82. The molecule has 2 aliphatic carbocycles. The van der Waals surface area contributed by atoms with Gasteiger partial charge in [0.15, 0.2) is 0 Å². The average molecular weight is 244 g/mol. The SMILES string of the molecule is C=CCCCCC1CC2CC1CC2=CC(C)=CC. The third kappa shape index (κ3) is 3.16. The topological polar surface area (TPSA) is 0 Å². The second-order valence-corrected chi connectivity index (χ2v) is 6.22. The van der Waals surface area contributed by atoms with E-state index in [1.54, 1.807) is 5.57 Å². The van der Waals surface area contributed by atoms with Crippen molar-refractivity contribution in [1.29, 1.82) is 0 Å². The highest BCUT2D eigenvalue weighted by molar-refractivity contribution is 5.27. The standard InChI is InChI=1S/C18H28/c1-4-6-7-8-9-15-11-18-13-17(15)12-16(18)10-14(3)5-2/h4-5,10,15,17-18H,1,6-9,11-13H2,2-3H3. The maximum absolute atomic E-state index is 3.80. The van der Waals surface area contributed by atoms with E-state index in [0.29, 0.717) is 0 Å². The van der Waals surface area contributed by atoms with Gasteiger partial charge < -0.3 is 0 Å². The minimum absolute atomic E-state index is 0.925. The van der Waals surface area contributed by atoms with Crippen LogP contribution < -0.4 is 0 Å². The fraction of sp³-hybridized carbons (Fsp3) is 0.667. The van der Waals surface area contributed by atoms with E-state index >= 15 is 0 Å². The Morgan fingerprint density at radius 1 is 1.33 bits per heavy atom. The zero-order valence-corrected chi connectivity index (χ0v) is 12.1. The molecule has 0 N–H and O–H groups in total. The maximum atomic E-state index is 3.80. The molecular formula is C18H28. The highest BCUT2D eigenvalue weighted by Crippen LogP contribution is 2.53. The summed E-state index contributed by atoms with van der Waals surface area (Å²) in [5.74, 6) is 2.96. The van der Waals surface area contributed by atoms with Gasteiger partial charge in [-0.3, -0.25) is 0 Å². The predicted octanol–water partition coefficient (Wildman–Crippen LogP) is 5.67. The number of rotatable bonds is 6.